The molecule has 1 aromatic rings. The minimum absolute atomic E-state index is 0.0277. The number of rotatable bonds is 6. The molecule has 9 heteroatoms. The third-order valence-corrected chi connectivity index (χ3v) is 4.09. The van der Waals surface area contributed by atoms with Crippen LogP contribution in [0.1, 0.15) is 0 Å². The molecule has 1 heterocycles. The quantitative estimate of drug-likeness (QED) is 0.616. The van der Waals surface area contributed by atoms with Crippen molar-refractivity contribution in [3.05, 3.63) is 45.0 Å². The summed E-state index contributed by atoms with van der Waals surface area (Å²) >= 11 is 0. The SMILES string of the molecule is COP(=O)(C/C=C\Cn1cc(F)c(=O)[nH]c1=O)OC. The number of nitrogens with zero attached hydrogens (tertiary/aromatic N) is 1. The maximum atomic E-state index is 13.0. The van der Waals surface area contributed by atoms with Gasteiger partial charge in [0.05, 0.1) is 12.4 Å². The van der Waals surface area contributed by atoms with Crippen LogP contribution in [-0.4, -0.2) is 29.9 Å². The first-order valence-corrected chi connectivity index (χ1v) is 6.99. The Labute approximate surface area is 108 Å². The van der Waals surface area contributed by atoms with Gasteiger partial charge in [0.1, 0.15) is 0 Å². The molecule has 0 aliphatic carbocycles. The van der Waals surface area contributed by atoms with Crippen LogP contribution in [0.25, 0.3) is 0 Å². The predicted octanol–water partition coefficient (Wildman–Crippen LogP) is 0.718. The van der Waals surface area contributed by atoms with Crippen LogP contribution < -0.4 is 11.2 Å². The number of halogens is 1. The third kappa shape index (κ3) is 4.27. The molecule has 0 radical (unpaired) electrons. The van der Waals surface area contributed by atoms with Crippen molar-refractivity contribution >= 4 is 7.60 Å². The van der Waals surface area contributed by atoms with E-state index in [1.807, 2.05) is 4.98 Å². The number of H-pyrrole nitrogens is 1. The highest BCUT2D eigenvalue weighted by Gasteiger charge is 2.17. The summed E-state index contributed by atoms with van der Waals surface area (Å²) in [7, 11) is -0.610. The van der Waals surface area contributed by atoms with Crippen molar-refractivity contribution in [3.63, 3.8) is 0 Å². The fourth-order valence-corrected chi connectivity index (χ4v) is 2.09. The summed E-state index contributed by atoms with van der Waals surface area (Å²) in [4.78, 5) is 23.9. The van der Waals surface area contributed by atoms with Gasteiger partial charge in [-0.15, -0.1) is 0 Å². The first-order valence-electron chi connectivity index (χ1n) is 5.26. The van der Waals surface area contributed by atoms with Gasteiger partial charge in [-0.05, 0) is 0 Å². The van der Waals surface area contributed by atoms with Crippen molar-refractivity contribution in [2.75, 3.05) is 20.4 Å². The van der Waals surface area contributed by atoms with Gasteiger partial charge in [0, 0.05) is 20.8 Å². The molecule has 0 amide bonds. The van der Waals surface area contributed by atoms with Crippen LogP contribution in [-0.2, 0) is 20.2 Å². The zero-order valence-electron chi connectivity index (χ0n) is 10.5. The molecule has 0 aliphatic rings. The number of aromatic nitrogens is 2. The van der Waals surface area contributed by atoms with E-state index in [4.69, 9.17) is 9.05 Å². The molecule has 0 fully saturated rings. The van der Waals surface area contributed by atoms with Gasteiger partial charge in [-0.2, -0.15) is 4.39 Å². The van der Waals surface area contributed by atoms with Gasteiger partial charge in [-0.3, -0.25) is 18.9 Å². The van der Waals surface area contributed by atoms with E-state index < -0.39 is 24.7 Å². The lowest BCUT2D eigenvalue weighted by Gasteiger charge is -2.10. The molecule has 1 N–H and O–H groups in total. The second kappa shape index (κ2) is 6.60. The van der Waals surface area contributed by atoms with E-state index in [9.17, 15) is 18.5 Å². The molecule has 0 bridgehead atoms. The maximum Gasteiger partial charge on any atom is 0.333 e. The summed E-state index contributed by atoms with van der Waals surface area (Å²) in [5.74, 6) is -1.05. The topological polar surface area (TPSA) is 90.4 Å². The Morgan fingerprint density at radius 3 is 2.58 bits per heavy atom. The van der Waals surface area contributed by atoms with Crippen molar-refractivity contribution in [2.24, 2.45) is 0 Å². The standard InChI is InChI=1S/C10H14FN2O5P/c1-17-19(16,18-2)6-4-3-5-13-7-8(11)9(14)12-10(13)15/h3-4,7H,5-6H2,1-2H3,(H,12,14,15)/b4-3-. The molecule has 0 spiro atoms. The Hall–Kier alpha value is -1.50. The van der Waals surface area contributed by atoms with E-state index in [1.54, 1.807) is 0 Å². The third-order valence-electron chi connectivity index (χ3n) is 2.32. The summed E-state index contributed by atoms with van der Waals surface area (Å²) < 4.78 is 35.0. The Bertz CT molecular complexity index is 613. The van der Waals surface area contributed by atoms with Crippen LogP contribution in [0.4, 0.5) is 4.39 Å². The van der Waals surface area contributed by atoms with Gasteiger partial charge in [-0.25, -0.2) is 4.79 Å². The van der Waals surface area contributed by atoms with Crippen LogP contribution >= 0.6 is 7.60 Å². The lowest BCUT2D eigenvalue weighted by molar-refractivity contribution is 0.279. The van der Waals surface area contributed by atoms with E-state index in [0.717, 1.165) is 10.8 Å². The second-order valence-corrected chi connectivity index (χ2v) is 5.84. The number of nitrogens with one attached hydrogen (secondary N) is 1. The van der Waals surface area contributed by atoms with Crippen LogP contribution in [0.3, 0.4) is 0 Å². The number of allylic oxidation sites excluding steroid dienone is 2. The number of hydrogen-bond acceptors (Lipinski definition) is 5. The average molecular weight is 292 g/mol. The summed E-state index contributed by atoms with van der Waals surface area (Å²) in [5, 5.41) is 0. The minimum Gasteiger partial charge on any atom is -0.312 e. The van der Waals surface area contributed by atoms with Gasteiger partial charge < -0.3 is 9.05 Å². The fourth-order valence-electron chi connectivity index (χ4n) is 1.23. The van der Waals surface area contributed by atoms with Crippen LogP contribution in [0.5, 0.6) is 0 Å². The van der Waals surface area contributed by atoms with Crippen molar-refractivity contribution in [1.82, 2.24) is 9.55 Å². The summed E-state index contributed by atoms with van der Waals surface area (Å²) in [6, 6.07) is 0. The monoisotopic (exact) mass is 292 g/mol. The smallest absolute Gasteiger partial charge is 0.312 e. The lowest BCUT2D eigenvalue weighted by Crippen LogP contribution is -2.31. The molecular formula is C10H14FN2O5P. The Kier molecular flexibility index (Phi) is 5.41. The van der Waals surface area contributed by atoms with Crippen molar-refractivity contribution in [1.29, 1.82) is 0 Å². The van der Waals surface area contributed by atoms with E-state index in [-0.39, 0.29) is 12.7 Å². The largest absolute Gasteiger partial charge is 0.333 e. The molecule has 19 heavy (non-hydrogen) atoms. The highest BCUT2D eigenvalue weighted by atomic mass is 31.2. The normalized spacial score (nSPS) is 12.2. The predicted molar refractivity (Wildman–Crippen MR) is 66.9 cm³/mol. The molecule has 1 rings (SSSR count). The Morgan fingerprint density at radius 2 is 2.00 bits per heavy atom. The molecule has 0 saturated heterocycles. The van der Waals surface area contributed by atoms with Gasteiger partial charge in [0.25, 0.3) is 5.56 Å². The molecule has 0 aliphatic heterocycles. The Balaban J connectivity index is 2.73. The fraction of sp³-hybridized carbons (Fsp3) is 0.400. The van der Waals surface area contributed by atoms with Crippen molar-refractivity contribution < 1.29 is 18.0 Å². The number of hydrogen-bond donors (Lipinski definition) is 1. The van der Waals surface area contributed by atoms with E-state index in [1.165, 1.54) is 26.4 Å². The minimum atomic E-state index is -3.14. The molecule has 0 atom stereocenters. The van der Waals surface area contributed by atoms with Gasteiger partial charge in [0.15, 0.2) is 0 Å². The zero-order chi connectivity index (χ0) is 14.5. The lowest BCUT2D eigenvalue weighted by atomic mass is 10.5. The van der Waals surface area contributed by atoms with Crippen molar-refractivity contribution in [3.8, 4) is 0 Å². The first-order chi connectivity index (χ1) is 8.91. The molecule has 0 unspecified atom stereocenters. The van der Waals surface area contributed by atoms with Crippen LogP contribution in [0, 0.1) is 5.82 Å². The summed E-state index contributed by atoms with van der Waals surface area (Å²) in [5.41, 5.74) is -1.79. The maximum absolute atomic E-state index is 13.0. The Morgan fingerprint density at radius 1 is 1.37 bits per heavy atom. The zero-order valence-corrected chi connectivity index (χ0v) is 11.4. The van der Waals surface area contributed by atoms with Gasteiger partial charge >= 0.3 is 13.3 Å². The van der Waals surface area contributed by atoms with E-state index in [0.29, 0.717) is 0 Å². The van der Waals surface area contributed by atoms with E-state index >= 15 is 0 Å². The molecule has 0 saturated carbocycles. The van der Waals surface area contributed by atoms with Crippen LogP contribution in [0.15, 0.2) is 27.9 Å². The highest BCUT2D eigenvalue weighted by Crippen LogP contribution is 2.46. The average Bonchev–Trinajstić information content (AvgIpc) is 2.40. The van der Waals surface area contributed by atoms with E-state index in [2.05, 4.69) is 0 Å². The molecule has 1 aromatic heterocycles. The highest BCUT2D eigenvalue weighted by molar-refractivity contribution is 7.54. The molecule has 0 aromatic carbocycles. The van der Waals surface area contributed by atoms with Gasteiger partial charge in [-0.1, -0.05) is 12.2 Å². The number of aromatic amines is 1. The van der Waals surface area contributed by atoms with Gasteiger partial charge in [0.2, 0.25) is 5.82 Å². The molecule has 7 nitrogen and oxygen atoms in total. The summed E-state index contributed by atoms with van der Waals surface area (Å²) in [6.07, 6.45) is 3.81. The first kappa shape index (κ1) is 15.6. The van der Waals surface area contributed by atoms with Crippen LogP contribution in [0.2, 0.25) is 0 Å². The molecular weight excluding hydrogens is 278 g/mol. The molecule has 106 valence electrons. The summed E-state index contributed by atoms with van der Waals surface area (Å²) in [6.45, 7) is 0.0277. The van der Waals surface area contributed by atoms with Crippen molar-refractivity contribution in [2.45, 2.75) is 6.54 Å². The second-order valence-electron chi connectivity index (χ2n) is 3.52.